The minimum absolute atomic E-state index is 0.0273. The van der Waals surface area contributed by atoms with E-state index >= 15 is 0 Å². The van der Waals surface area contributed by atoms with E-state index in [-0.39, 0.29) is 10.7 Å². The van der Waals surface area contributed by atoms with E-state index in [1.54, 1.807) is 30.3 Å². The zero-order chi connectivity index (χ0) is 23.8. The highest BCUT2D eigenvalue weighted by Gasteiger charge is 2.53. The number of hydrogen-bond acceptors (Lipinski definition) is 6. The SMILES string of the molecule is COC(=O)[C@H](Cc1ccccc1)N(C/C=C/[C@H](C)C(=O)N(C)OC)S(=O)(=O)C(F)(F)F. The maximum atomic E-state index is 13.3. The molecule has 1 aromatic rings. The van der Waals surface area contributed by atoms with Gasteiger partial charge in [0.1, 0.15) is 6.04 Å². The van der Waals surface area contributed by atoms with Crippen LogP contribution in [0.2, 0.25) is 0 Å². The number of hydroxylamine groups is 2. The summed E-state index contributed by atoms with van der Waals surface area (Å²) >= 11 is 0. The summed E-state index contributed by atoms with van der Waals surface area (Å²) in [5.41, 5.74) is -5.20. The maximum Gasteiger partial charge on any atom is 0.511 e. The predicted octanol–water partition coefficient (Wildman–Crippen LogP) is 2.13. The van der Waals surface area contributed by atoms with Crippen LogP contribution in [-0.2, 0) is 35.6 Å². The van der Waals surface area contributed by atoms with E-state index in [0.29, 0.717) is 5.56 Å². The summed E-state index contributed by atoms with van der Waals surface area (Å²) in [6.07, 6.45) is 1.97. The van der Waals surface area contributed by atoms with Gasteiger partial charge in [-0.1, -0.05) is 49.4 Å². The third-order valence-electron chi connectivity index (χ3n) is 4.38. The molecular weight excluding hydrogens is 441 g/mol. The molecule has 8 nitrogen and oxygen atoms in total. The van der Waals surface area contributed by atoms with E-state index in [1.807, 2.05) is 0 Å². The van der Waals surface area contributed by atoms with Crippen LogP contribution < -0.4 is 0 Å². The van der Waals surface area contributed by atoms with Gasteiger partial charge in [-0.25, -0.2) is 13.5 Å². The molecule has 0 fully saturated rings. The third-order valence-corrected chi connectivity index (χ3v) is 5.98. The maximum absolute atomic E-state index is 13.3. The molecule has 0 aromatic heterocycles. The Morgan fingerprint density at radius 2 is 1.74 bits per heavy atom. The highest BCUT2D eigenvalue weighted by molar-refractivity contribution is 7.90. The van der Waals surface area contributed by atoms with E-state index < -0.39 is 45.9 Å². The van der Waals surface area contributed by atoms with Gasteiger partial charge in [0.25, 0.3) is 5.91 Å². The molecule has 1 amide bonds. The van der Waals surface area contributed by atoms with Crippen molar-refractivity contribution in [2.45, 2.75) is 24.9 Å². The largest absolute Gasteiger partial charge is 0.511 e. The number of esters is 1. The third kappa shape index (κ3) is 7.04. The first-order valence-corrected chi connectivity index (χ1v) is 10.5. The highest BCUT2D eigenvalue weighted by atomic mass is 32.2. The summed E-state index contributed by atoms with van der Waals surface area (Å²) in [6.45, 7) is 0.654. The van der Waals surface area contributed by atoms with Gasteiger partial charge >= 0.3 is 21.5 Å². The number of carbonyl (C=O) groups is 2. The van der Waals surface area contributed by atoms with Crippen molar-refractivity contribution in [3.05, 3.63) is 48.0 Å². The molecule has 1 rings (SSSR count). The summed E-state index contributed by atoms with van der Waals surface area (Å²) in [5.74, 6) is -2.46. The van der Waals surface area contributed by atoms with Crippen molar-refractivity contribution in [3.63, 3.8) is 0 Å². The van der Waals surface area contributed by atoms with Crippen LogP contribution in [0.25, 0.3) is 0 Å². The van der Waals surface area contributed by atoms with Gasteiger partial charge in [-0.2, -0.15) is 17.5 Å². The molecule has 2 atom stereocenters. The summed E-state index contributed by atoms with van der Waals surface area (Å²) in [6, 6.07) is 6.20. The minimum atomic E-state index is -5.89. The Kier molecular flexibility index (Phi) is 9.66. The van der Waals surface area contributed by atoms with Crippen LogP contribution in [0.3, 0.4) is 0 Å². The summed E-state index contributed by atoms with van der Waals surface area (Å²) in [5, 5.41) is 0.923. The Bertz CT molecular complexity index is 874. The average molecular weight is 466 g/mol. The summed E-state index contributed by atoms with van der Waals surface area (Å²) in [4.78, 5) is 29.0. The zero-order valence-electron chi connectivity index (χ0n) is 17.5. The van der Waals surface area contributed by atoms with Gasteiger partial charge in [0, 0.05) is 13.6 Å². The van der Waals surface area contributed by atoms with E-state index in [9.17, 15) is 31.2 Å². The number of halogens is 3. The molecule has 174 valence electrons. The van der Waals surface area contributed by atoms with Crippen molar-refractivity contribution in [1.82, 2.24) is 9.37 Å². The number of benzene rings is 1. The Morgan fingerprint density at radius 1 is 1.16 bits per heavy atom. The number of ether oxygens (including phenoxy) is 1. The van der Waals surface area contributed by atoms with Crippen molar-refractivity contribution < 1.29 is 40.8 Å². The Morgan fingerprint density at radius 3 is 2.23 bits per heavy atom. The average Bonchev–Trinajstić information content (AvgIpc) is 2.73. The van der Waals surface area contributed by atoms with E-state index in [0.717, 1.165) is 18.2 Å². The van der Waals surface area contributed by atoms with Gasteiger partial charge in [0.15, 0.2) is 0 Å². The Hall–Kier alpha value is -2.44. The number of nitrogens with zero attached hydrogens (tertiary/aromatic N) is 2. The second-order valence-corrected chi connectivity index (χ2v) is 8.37. The van der Waals surface area contributed by atoms with Crippen molar-refractivity contribution in [2.75, 3.05) is 27.8 Å². The molecule has 12 heteroatoms. The fourth-order valence-electron chi connectivity index (χ4n) is 2.63. The molecule has 1 aromatic carbocycles. The fourth-order valence-corrected chi connectivity index (χ4v) is 3.67. The molecule has 0 saturated carbocycles. The first-order chi connectivity index (χ1) is 14.4. The normalized spacial score (nSPS) is 14.5. The van der Waals surface area contributed by atoms with Crippen LogP contribution in [0.4, 0.5) is 13.2 Å². The lowest BCUT2D eigenvalue weighted by Crippen LogP contribution is -2.51. The summed E-state index contributed by atoms with van der Waals surface area (Å²) in [7, 11) is -2.33. The quantitative estimate of drug-likeness (QED) is 0.298. The lowest BCUT2D eigenvalue weighted by Gasteiger charge is -2.29. The zero-order valence-corrected chi connectivity index (χ0v) is 18.3. The van der Waals surface area contributed by atoms with Gasteiger partial charge < -0.3 is 4.74 Å². The minimum Gasteiger partial charge on any atom is -0.468 e. The van der Waals surface area contributed by atoms with E-state index in [4.69, 9.17) is 4.84 Å². The Labute approximate surface area is 179 Å². The monoisotopic (exact) mass is 466 g/mol. The van der Waals surface area contributed by atoms with Crippen molar-refractivity contribution in [3.8, 4) is 0 Å². The topological polar surface area (TPSA) is 93.2 Å². The smallest absolute Gasteiger partial charge is 0.468 e. The first-order valence-electron chi connectivity index (χ1n) is 9.05. The van der Waals surface area contributed by atoms with Crippen LogP contribution in [-0.4, -0.2) is 69.0 Å². The van der Waals surface area contributed by atoms with Crippen molar-refractivity contribution in [1.29, 1.82) is 0 Å². The molecule has 0 unspecified atom stereocenters. The van der Waals surface area contributed by atoms with Gasteiger partial charge in [-0.15, -0.1) is 0 Å². The van der Waals surface area contributed by atoms with Gasteiger partial charge in [0.2, 0.25) is 0 Å². The lowest BCUT2D eigenvalue weighted by molar-refractivity contribution is -0.171. The molecule has 0 saturated heterocycles. The van der Waals surface area contributed by atoms with Crippen LogP contribution in [0, 0.1) is 5.92 Å². The Balaban J connectivity index is 3.30. The number of amides is 1. The molecule has 0 aliphatic rings. The molecule has 0 radical (unpaired) electrons. The number of alkyl halides is 3. The number of hydrogen-bond donors (Lipinski definition) is 0. The van der Waals surface area contributed by atoms with Crippen molar-refractivity contribution in [2.24, 2.45) is 5.92 Å². The van der Waals surface area contributed by atoms with Crippen molar-refractivity contribution >= 4 is 21.9 Å². The lowest BCUT2D eigenvalue weighted by atomic mass is 10.1. The molecule has 0 N–H and O–H groups in total. The number of sulfonamides is 1. The fraction of sp³-hybridized carbons (Fsp3) is 0.474. The van der Waals surface area contributed by atoms with Crippen LogP contribution in [0.5, 0.6) is 0 Å². The second-order valence-electron chi connectivity index (χ2n) is 6.48. The van der Waals surface area contributed by atoms with Crippen LogP contribution >= 0.6 is 0 Å². The van der Waals surface area contributed by atoms with E-state index in [2.05, 4.69) is 4.74 Å². The van der Waals surface area contributed by atoms with Crippen LogP contribution in [0.15, 0.2) is 42.5 Å². The van der Waals surface area contributed by atoms with Crippen LogP contribution in [0.1, 0.15) is 12.5 Å². The molecule has 0 aliphatic heterocycles. The molecule has 31 heavy (non-hydrogen) atoms. The van der Waals surface area contributed by atoms with Gasteiger partial charge in [-0.3, -0.25) is 14.4 Å². The summed E-state index contributed by atoms with van der Waals surface area (Å²) < 4.78 is 69.1. The standard InChI is InChI=1S/C19H25F3N2O6S/c1-14(17(25)23(2)30-4)9-8-12-24(31(27,28)19(20,21)22)16(18(26)29-3)13-15-10-6-5-7-11-15/h5-11,14,16H,12-13H2,1-4H3/b9-8+/t14-,16-/m0/s1. The second kappa shape index (κ2) is 11.3. The molecule has 0 heterocycles. The molecular formula is C19H25F3N2O6S. The van der Waals surface area contributed by atoms with Gasteiger partial charge in [0.05, 0.1) is 20.1 Å². The highest BCUT2D eigenvalue weighted by Crippen LogP contribution is 2.29. The predicted molar refractivity (Wildman–Crippen MR) is 106 cm³/mol. The number of carbonyl (C=O) groups excluding carboxylic acids is 2. The molecule has 0 aliphatic carbocycles. The molecule has 0 bridgehead atoms. The molecule has 0 spiro atoms. The number of rotatable bonds is 10. The number of methoxy groups -OCH3 is 1. The van der Waals surface area contributed by atoms with Gasteiger partial charge in [-0.05, 0) is 12.0 Å². The van der Waals surface area contributed by atoms with E-state index in [1.165, 1.54) is 27.2 Å². The first kappa shape index (κ1) is 26.6.